The van der Waals surface area contributed by atoms with Gasteiger partial charge < -0.3 is 4.74 Å². The van der Waals surface area contributed by atoms with Crippen LogP contribution in [0.4, 0.5) is 8.78 Å². The summed E-state index contributed by atoms with van der Waals surface area (Å²) in [5, 5.41) is 0. The largest absolute Gasteiger partial charge is 0.490 e. The van der Waals surface area contributed by atoms with Crippen LogP contribution in [-0.4, -0.2) is 6.61 Å². The van der Waals surface area contributed by atoms with Crippen LogP contribution < -0.4 is 4.74 Å². The standard InChI is InChI=1S/C25H30F2O/c1-3-5-6-18-7-9-19(10-8-18)20-11-13-21(14-12-20)22-15-16-23(28-17-4-2)25(27)24(22)26/h3,11-16,18-19H,1,4-10,17H2,2H3. The molecule has 0 amide bonds. The van der Waals surface area contributed by atoms with Crippen molar-refractivity contribution < 1.29 is 13.5 Å². The Morgan fingerprint density at radius 1 is 1.00 bits per heavy atom. The molecule has 0 aliphatic heterocycles. The fourth-order valence-electron chi connectivity index (χ4n) is 4.15. The molecular weight excluding hydrogens is 354 g/mol. The molecule has 1 fully saturated rings. The van der Waals surface area contributed by atoms with Gasteiger partial charge in [0.2, 0.25) is 5.82 Å². The highest BCUT2D eigenvalue weighted by Gasteiger charge is 2.22. The van der Waals surface area contributed by atoms with Crippen LogP contribution in [0.3, 0.4) is 0 Å². The number of hydrogen-bond donors (Lipinski definition) is 0. The number of benzene rings is 2. The Morgan fingerprint density at radius 2 is 1.71 bits per heavy atom. The molecule has 1 nitrogen and oxygen atoms in total. The third-order valence-electron chi connectivity index (χ3n) is 5.83. The highest BCUT2D eigenvalue weighted by atomic mass is 19.2. The number of ether oxygens (including phenoxy) is 1. The first-order valence-electron chi connectivity index (χ1n) is 10.5. The Balaban J connectivity index is 1.68. The minimum Gasteiger partial charge on any atom is -0.490 e. The van der Waals surface area contributed by atoms with Gasteiger partial charge in [-0.15, -0.1) is 6.58 Å². The van der Waals surface area contributed by atoms with Gasteiger partial charge in [-0.2, -0.15) is 4.39 Å². The normalized spacial score (nSPS) is 19.4. The van der Waals surface area contributed by atoms with Crippen molar-refractivity contribution in [3.63, 3.8) is 0 Å². The van der Waals surface area contributed by atoms with Crippen LogP contribution in [0.2, 0.25) is 0 Å². The molecule has 0 spiro atoms. The third kappa shape index (κ3) is 4.81. The lowest BCUT2D eigenvalue weighted by Crippen LogP contribution is -2.13. The van der Waals surface area contributed by atoms with Crippen molar-refractivity contribution in [3.05, 3.63) is 66.3 Å². The van der Waals surface area contributed by atoms with E-state index < -0.39 is 11.6 Å². The Kier molecular flexibility index (Phi) is 7.24. The second-order valence-electron chi connectivity index (χ2n) is 7.79. The van der Waals surface area contributed by atoms with E-state index in [2.05, 4.69) is 18.7 Å². The predicted octanol–water partition coefficient (Wildman–Crippen LogP) is 7.66. The molecule has 0 N–H and O–H groups in total. The first-order valence-corrected chi connectivity index (χ1v) is 10.5. The summed E-state index contributed by atoms with van der Waals surface area (Å²) in [6.07, 6.45) is 10.0. The summed E-state index contributed by atoms with van der Waals surface area (Å²) in [6, 6.07) is 11.1. The van der Waals surface area contributed by atoms with Gasteiger partial charge in [-0.25, -0.2) is 4.39 Å². The Hall–Kier alpha value is -2.16. The summed E-state index contributed by atoms with van der Waals surface area (Å²) in [6.45, 7) is 6.12. The van der Waals surface area contributed by atoms with Crippen LogP contribution in [0.25, 0.3) is 11.1 Å². The SMILES string of the molecule is C=CCCC1CCC(c2ccc(-c3ccc(OCCC)c(F)c3F)cc2)CC1. The maximum absolute atomic E-state index is 14.5. The average molecular weight is 385 g/mol. The number of halogens is 2. The number of hydrogen-bond acceptors (Lipinski definition) is 1. The molecule has 0 saturated heterocycles. The van der Waals surface area contributed by atoms with Crippen molar-refractivity contribution in [2.75, 3.05) is 6.61 Å². The van der Waals surface area contributed by atoms with E-state index in [1.165, 1.54) is 43.7 Å². The molecule has 0 unspecified atom stereocenters. The van der Waals surface area contributed by atoms with Gasteiger partial charge in [0.25, 0.3) is 0 Å². The summed E-state index contributed by atoms with van der Waals surface area (Å²) in [5.41, 5.74) is 2.28. The Morgan fingerprint density at radius 3 is 2.36 bits per heavy atom. The van der Waals surface area contributed by atoms with Gasteiger partial charge in [-0.3, -0.25) is 0 Å². The van der Waals surface area contributed by atoms with Crippen molar-refractivity contribution in [2.45, 2.75) is 57.8 Å². The molecule has 0 bridgehead atoms. The van der Waals surface area contributed by atoms with Crippen molar-refractivity contribution >= 4 is 0 Å². The van der Waals surface area contributed by atoms with Crippen LogP contribution in [0.15, 0.2) is 49.1 Å². The molecular formula is C25H30F2O. The molecule has 1 saturated carbocycles. The average Bonchev–Trinajstić information content (AvgIpc) is 2.74. The van der Waals surface area contributed by atoms with Crippen molar-refractivity contribution in [1.82, 2.24) is 0 Å². The third-order valence-corrected chi connectivity index (χ3v) is 5.83. The molecule has 0 aromatic heterocycles. The van der Waals surface area contributed by atoms with E-state index in [4.69, 9.17) is 4.74 Å². The zero-order valence-corrected chi connectivity index (χ0v) is 16.7. The van der Waals surface area contributed by atoms with Gasteiger partial charge in [0.05, 0.1) is 6.61 Å². The fourth-order valence-corrected chi connectivity index (χ4v) is 4.15. The maximum Gasteiger partial charge on any atom is 0.201 e. The van der Waals surface area contributed by atoms with Gasteiger partial charge in [0.15, 0.2) is 11.6 Å². The lowest BCUT2D eigenvalue weighted by Gasteiger charge is -2.28. The zero-order chi connectivity index (χ0) is 19.9. The molecule has 3 heteroatoms. The minimum absolute atomic E-state index is 0.0204. The molecule has 1 aliphatic rings. The van der Waals surface area contributed by atoms with Gasteiger partial charge >= 0.3 is 0 Å². The van der Waals surface area contributed by atoms with E-state index >= 15 is 0 Å². The molecule has 0 radical (unpaired) electrons. The Labute approximate surface area is 167 Å². The molecule has 1 aliphatic carbocycles. The first kappa shape index (κ1) is 20.6. The van der Waals surface area contributed by atoms with E-state index in [1.54, 1.807) is 6.07 Å². The highest BCUT2D eigenvalue weighted by molar-refractivity contribution is 5.65. The van der Waals surface area contributed by atoms with E-state index in [1.807, 2.05) is 25.1 Å². The lowest BCUT2D eigenvalue weighted by atomic mass is 9.77. The molecule has 150 valence electrons. The van der Waals surface area contributed by atoms with E-state index in [9.17, 15) is 8.78 Å². The van der Waals surface area contributed by atoms with Crippen LogP contribution in [-0.2, 0) is 0 Å². The van der Waals surface area contributed by atoms with Gasteiger partial charge in [0.1, 0.15) is 0 Å². The summed E-state index contributed by atoms with van der Waals surface area (Å²) >= 11 is 0. The monoisotopic (exact) mass is 384 g/mol. The van der Waals surface area contributed by atoms with Gasteiger partial charge in [-0.05, 0) is 80.0 Å². The van der Waals surface area contributed by atoms with Crippen LogP contribution >= 0.6 is 0 Å². The van der Waals surface area contributed by atoms with Crippen molar-refractivity contribution in [2.24, 2.45) is 5.92 Å². The maximum atomic E-state index is 14.5. The molecule has 0 heterocycles. The van der Waals surface area contributed by atoms with Gasteiger partial charge in [0, 0.05) is 5.56 Å². The van der Waals surface area contributed by atoms with E-state index in [0.717, 1.165) is 18.8 Å². The lowest BCUT2D eigenvalue weighted by molar-refractivity contribution is 0.295. The molecule has 2 aromatic rings. The van der Waals surface area contributed by atoms with E-state index in [0.29, 0.717) is 18.1 Å². The second-order valence-corrected chi connectivity index (χ2v) is 7.79. The van der Waals surface area contributed by atoms with Crippen molar-refractivity contribution in [3.8, 4) is 16.9 Å². The summed E-state index contributed by atoms with van der Waals surface area (Å²) in [7, 11) is 0. The summed E-state index contributed by atoms with van der Waals surface area (Å²) in [4.78, 5) is 0. The fraction of sp³-hybridized carbons (Fsp3) is 0.440. The minimum atomic E-state index is -0.909. The zero-order valence-electron chi connectivity index (χ0n) is 16.7. The van der Waals surface area contributed by atoms with Crippen molar-refractivity contribution in [1.29, 1.82) is 0 Å². The molecule has 0 atom stereocenters. The summed E-state index contributed by atoms with van der Waals surface area (Å²) < 4.78 is 34.0. The van der Waals surface area contributed by atoms with E-state index in [-0.39, 0.29) is 11.3 Å². The second kappa shape index (κ2) is 9.86. The molecule has 28 heavy (non-hydrogen) atoms. The predicted molar refractivity (Wildman–Crippen MR) is 112 cm³/mol. The van der Waals surface area contributed by atoms with Crippen LogP contribution in [0.1, 0.15) is 63.4 Å². The number of allylic oxidation sites excluding steroid dienone is 1. The van der Waals surface area contributed by atoms with Crippen LogP contribution in [0.5, 0.6) is 5.75 Å². The van der Waals surface area contributed by atoms with Gasteiger partial charge in [-0.1, -0.05) is 37.3 Å². The summed E-state index contributed by atoms with van der Waals surface area (Å²) in [5.74, 6) is -0.385. The topological polar surface area (TPSA) is 9.23 Å². The number of rotatable bonds is 8. The highest BCUT2D eigenvalue weighted by Crippen LogP contribution is 2.38. The molecule has 3 rings (SSSR count). The Bertz CT molecular complexity index is 774. The quantitative estimate of drug-likeness (QED) is 0.424. The van der Waals surface area contributed by atoms with Crippen LogP contribution in [0, 0.1) is 17.6 Å². The first-order chi connectivity index (χ1) is 13.6. The molecule has 2 aromatic carbocycles. The smallest absolute Gasteiger partial charge is 0.201 e.